The highest BCUT2D eigenvalue weighted by molar-refractivity contribution is 7.99. The fourth-order valence-corrected chi connectivity index (χ4v) is 2.91. The van der Waals surface area contributed by atoms with E-state index in [-0.39, 0.29) is 0 Å². The second-order valence-corrected chi connectivity index (χ2v) is 6.55. The van der Waals surface area contributed by atoms with E-state index in [9.17, 15) is 0 Å². The van der Waals surface area contributed by atoms with Crippen LogP contribution < -0.4 is 0 Å². The van der Waals surface area contributed by atoms with Gasteiger partial charge < -0.3 is 9.64 Å². The van der Waals surface area contributed by atoms with Gasteiger partial charge in [-0.05, 0) is 44.0 Å². The largest absolute Gasteiger partial charge is 0.381 e. The Kier molecular flexibility index (Phi) is 7.50. The van der Waals surface area contributed by atoms with Crippen molar-refractivity contribution < 1.29 is 4.74 Å². The third kappa shape index (κ3) is 6.12. The number of hydrogen-bond acceptors (Lipinski definition) is 3. The molecule has 96 valence electrons. The van der Waals surface area contributed by atoms with Crippen LogP contribution in [0, 0.1) is 5.92 Å². The van der Waals surface area contributed by atoms with Gasteiger partial charge in [-0.3, -0.25) is 0 Å². The van der Waals surface area contributed by atoms with Crippen molar-refractivity contribution in [2.75, 3.05) is 38.6 Å². The van der Waals surface area contributed by atoms with Crippen molar-refractivity contribution in [1.29, 1.82) is 0 Å². The summed E-state index contributed by atoms with van der Waals surface area (Å²) in [7, 11) is 0. The molecule has 0 spiro atoms. The Bertz CT molecular complexity index is 167. The maximum Gasteiger partial charge on any atom is 0.0495 e. The normalized spacial score (nSPS) is 19.5. The fourth-order valence-electron chi connectivity index (χ4n) is 2.08. The van der Waals surface area contributed by atoms with E-state index >= 15 is 0 Å². The first-order valence-electron chi connectivity index (χ1n) is 6.64. The maximum atomic E-state index is 5.50. The molecule has 3 heteroatoms. The zero-order valence-electron chi connectivity index (χ0n) is 11.1. The molecule has 1 fully saturated rings. The van der Waals surface area contributed by atoms with Crippen LogP contribution in [0.1, 0.15) is 33.6 Å². The SMILES string of the molecule is CCOCC1CCN(CCSC(C)C)CC1. The molecule has 0 unspecified atom stereocenters. The first-order valence-corrected chi connectivity index (χ1v) is 7.69. The summed E-state index contributed by atoms with van der Waals surface area (Å²) >= 11 is 2.07. The van der Waals surface area contributed by atoms with Gasteiger partial charge in [0.1, 0.15) is 0 Å². The summed E-state index contributed by atoms with van der Waals surface area (Å²) in [4.78, 5) is 2.61. The topological polar surface area (TPSA) is 12.5 Å². The molecule has 1 rings (SSSR count). The highest BCUT2D eigenvalue weighted by atomic mass is 32.2. The van der Waals surface area contributed by atoms with E-state index in [1.54, 1.807) is 0 Å². The molecular formula is C13H27NOS. The number of rotatable bonds is 7. The van der Waals surface area contributed by atoms with E-state index in [1.165, 1.54) is 38.2 Å². The van der Waals surface area contributed by atoms with Gasteiger partial charge >= 0.3 is 0 Å². The van der Waals surface area contributed by atoms with E-state index in [0.717, 1.165) is 24.4 Å². The smallest absolute Gasteiger partial charge is 0.0495 e. The van der Waals surface area contributed by atoms with Crippen LogP contribution in [0.4, 0.5) is 0 Å². The predicted molar refractivity (Wildman–Crippen MR) is 73.3 cm³/mol. The van der Waals surface area contributed by atoms with Gasteiger partial charge in [0.2, 0.25) is 0 Å². The van der Waals surface area contributed by atoms with Crippen molar-refractivity contribution in [3.63, 3.8) is 0 Å². The number of likely N-dealkylation sites (tertiary alicyclic amines) is 1. The van der Waals surface area contributed by atoms with Crippen molar-refractivity contribution in [1.82, 2.24) is 4.90 Å². The standard InChI is InChI=1S/C13H27NOS/c1-4-15-11-13-5-7-14(8-6-13)9-10-16-12(2)3/h12-13H,4-11H2,1-3H3. The van der Waals surface area contributed by atoms with E-state index < -0.39 is 0 Å². The highest BCUT2D eigenvalue weighted by Crippen LogP contribution is 2.18. The van der Waals surface area contributed by atoms with Gasteiger partial charge in [0.25, 0.3) is 0 Å². The molecule has 1 heterocycles. The molecule has 1 aliphatic heterocycles. The Labute approximate surface area is 105 Å². The Morgan fingerprint density at radius 3 is 2.56 bits per heavy atom. The fraction of sp³-hybridized carbons (Fsp3) is 1.00. The summed E-state index contributed by atoms with van der Waals surface area (Å²) in [6.07, 6.45) is 2.65. The lowest BCUT2D eigenvalue weighted by atomic mass is 9.98. The van der Waals surface area contributed by atoms with Crippen LogP contribution in [-0.2, 0) is 4.74 Å². The Morgan fingerprint density at radius 2 is 2.00 bits per heavy atom. The van der Waals surface area contributed by atoms with Gasteiger partial charge in [-0.1, -0.05) is 13.8 Å². The molecule has 1 aliphatic rings. The van der Waals surface area contributed by atoms with Crippen LogP contribution in [0.25, 0.3) is 0 Å². The minimum atomic E-state index is 0.774. The van der Waals surface area contributed by atoms with Gasteiger partial charge in [0.05, 0.1) is 0 Å². The minimum Gasteiger partial charge on any atom is -0.381 e. The molecule has 2 nitrogen and oxygen atoms in total. The first-order chi connectivity index (χ1) is 7.72. The van der Waals surface area contributed by atoms with Crippen LogP contribution >= 0.6 is 11.8 Å². The summed E-state index contributed by atoms with van der Waals surface area (Å²) in [5.41, 5.74) is 0. The molecule has 0 amide bonds. The number of nitrogens with zero attached hydrogens (tertiary/aromatic N) is 1. The van der Waals surface area contributed by atoms with Crippen LogP contribution in [-0.4, -0.2) is 48.8 Å². The van der Waals surface area contributed by atoms with Crippen molar-refractivity contribution >= 4 is 11.8 Å². The average Bonchev–Trinajstić information content (AvgIpc) is 2.27. The van der Waals surface area contributed by atoms with Crippen LogP contribution in [0.2, 0.25) is 0 Å². The maximum absolute atomic E-state index is 5.50. The van der Waals surface area contributed by atoms with Crippen molar-refractivity contribution in [2.24, 2.45) is 5.92 Å². The first kappa shape index (κ1) is 14.3. The number of ether oxygens (including phenoxy) is 1. The minimum absolute atomic E-state index is 0.774. The lowest BCUT2D eigenvalue weighted by Gasteiger charge is -2.31. The van der Waals surface area contributed by atoms with E-state index in [4.69, 9.17) is 4.74 Å². The van der Waals surface area contributed by atoms with Crippen molar-refractivity contribution in [3.8, 4) is 0 Å². The van der Waals surface area contributed by atoms with Crippen molar-refractivity contribution in [2.45, 2.75) is 38.9 Å². The number of thioether (sulfide) groups is 1. The van der Waals surface area contributed by atoms with Gasteiger partial charge in [-0.15, -0.1) is 0 Å². The summed E-state index contributed by atoms with van der Waals surface area (Å²) in [5, 5.41) is 0.774. The third-order valence-electron chi connectivity index (χ3n) is 3.12. The zero-order chi connectivity index (χ0) is 11.8. The molecule has 0 bridgehead atoms. The van der Waals surface area contributed by atoms with Crippen LogP contribution in [0.3, 0.4) is 0 Å². The molecule has 0 aliphatic carbocycles. The molecule has 1 saturated heterocycles. The Balaban J connectivity index is 2.03. The number of piperidine rings is 1. The van der Waals surface area contributed by atoms with E-state index in [1.807, 2.05) is 0 Å². The number of hydrogen-bond donors (Lipinski definition) is 0. The lowest BCUT2D eigenvalue weighted by Crippen LogP contribution is -2.36. The molecule has 0 aromatic rings. The highest BCUT2D eigenvalue weighted by Gasteiger charge is 2.18. The predicted octanol–water partition coefficient (Wildman–Crippen LogP) is 2.88. The van der Waals surface area contributed by atoms with Crippen LogP contribution in [0.5, 0.6) is 0 Å². The average molecular weight is 245 g/mol. The molecule has 0 atom stereocenters. The molecule has 0 N–H and O–H groups in total. The zero-order valence-corrected chi connectivity index (χ0v) is 11.9. The summed E-state index contributed by atoms with van der Waals surface area (Å²) in [6.45, 7) is 12.3. The van der Waals surface area contributed by atoms with Gasteiger partial charge in [0.15, 0.2) is 0 Å². The van der Waals surface area contributed by atoms with E-state index in [0.29, 0.717) is 0 Å². The molecule has 16 heavy (non-hydrogen) atoms. The third-order valence-corrected chi connectivity index (χ3v) is 4.21. The molecule has 0 saturated carbocycles. The van der Waals surface area contributed by atoms with Gasteiger partial charge in [0, 0.05) is 25.5 Å². The molecular weight excluding hydrogens is 218 g/mol. The summed E-state index contributed by atoms with van der Waals surface area (Å²) in [6, 6.07) is 0. The molecule has 0 aromatic heterocycles. The quantitative estimate of drug-likeness (QED) is 0.684. The second kappa shape index (κ2) is 8.37. The molecule has 0 aromatic carbocycles. The lowest BCUT2D eigenvalue weighted by molar-refractivity contribution is 0.0758. The Morgan fingerprint density at radius 1 is 1.31 bits per heavy atom. The van der Waals surface area contributed by atoms with Crippen molar-refractivity contribution in [3.05, 3.63) is 0 Å². The van der Waals surface area contributed by atoms with Crippen LogP contribution in [0.15, 0.2) is 0 Å². The van der Waals surface area contributed by atoms with E-state index in [2.05, 4.69) is 37.4 Å². The Hall–Kier alpha value is 0.270. The van der Waals surface area contributed by atoms with Gasteiger partial charge in [-0.25, -0.2) is 0 Å². The summed E-state index contributed by atoms with van der Waals surface area (Å²) in [5.74, 6) is 2.10. The molecule has 0 radical (unpaired) electrons. The summed E-state index contributed by atoms with van der Waals surface area (Å²) < 4.78 is 5.50. The monoisotopic (exact) mass is 245 g/mol. The van der Waals surface area contributed by atoms with Gasteiger partial charge in [-0.2, -0.15) is 11.8 Å². The second-order valence-electron chi connectivity index (χ2n) is 4.86.